The maximum atomic E-state index is 12.6. The number of benzene rings is 2. The molecule has 2 aromatic carbocycles. The van der Waals surface area contributed by atoms with Gasteiger partial charge in [0, 0.05) is 30.1 Å². The van der Waals surface area contributed by atoms with E-state index in [-0.39, 0.29) is 49.7 Å². The van der Waals surface area contributed by atoms with Gasteiger partial charge in [-0.05, 0) is 35.9 Å². The molecule has 0 aliphatic carbocycles. The molecular formula is C23H20ClN3O5. The van der Waals surface area contributed by atoms with Gasteiger partial charge in [0.1, 0.15) is 0 Å². The zero-order valence-electron chi connectivity index (χ0n) is 17.1. The van der Waals surface area contributed by atoms with Crippen LogP contribution in [0.3, 0.4) is 0 Å². The molecule has 1 aliphatic heterocycles. The number of anilines is 1. The van der Waals surface area contributed by atoms with Gasteiger partial charge in [0.05, 0.1) is 24.6 Å². The molecule has 164 valence electrons. The Morgan fingerprint density at radius 3 is 2.41 bits per heavy atom. The topological polar surface area (TPSA) is 108 Å². The summed E-state index contributed by atoms with van der Waals surface area (Å²) in [6.07, 6.45) is 0.547. The average Bonchev–Trinajstić information content (AvgIpc) is 3.10. The molecule has 1 saturated heterocycles. The first kappa shape index (κ1) is 23.0. The third kappa shape index (κ3) is 5.71. The van der Waals surface area contributed by atoms with Crippen molar-refractivity contribution < 1.29 is 23.9 Å². The number of halogens is 1. The first-order chi connectivity index (χ1) is 15.4. The van der Waals surface area contributed by atoms with Gasteiger partial charge in [-0.2, -0.15) is 5.26 Å². The summed E-state index contributed by atoms with van der Waals surface area (Å²) in [5.74, 6) is -1.60. The van der Waals surface area contributed by atoms with Crippen molar-refractivity contribution in [3.8, 4) is 6.07 Å². The van der Waals surface area contributed by atoms with Gasteiger partial charge in [0.15, 0.2) is 6.61 Å². The second-order valence-corrected chi connectivity index (χ2v) is 7.52. The highest BCUT2D eigenvalue weighted by Crippen LogP contribution is 2.20. The zero-order chi connectivity index (χ0) is 23.1. The predicted molar refractivity (Wildman–Crippen MR) is 116 cm³/mol. The molecule has 0 aromatic heterocycles. The fraction of sp³-hybridized carbons (Fsp3) is 0.261. The van der Waals surface area contributed by atoms with Crippen molar-refractivity contribution in [1.82, 2.24) is 4.90 Å². The lowest BCUT2D eigenvalue weighted by Gasteiger charge is -2.22. The summed E-state index contributed by atoms with van der Waals surface area (Å²) in [6, 6.07) is 14.9. The van der Waals surface area contributed by atoms with Crippen molar-refractivity contribution in [2.45, 2.75) is 25.8 Å². The minimum atomic E-state index is -0.690. The predicted octanol–water partition coefficient (Wildman–Crippen LogP) is 3.09. The number of hydrogen-bond donors (Lipinski definition) is 0. The zero-order valence-corrected chi connectivity index (χ0v) is 17.9. The maximum absolute atomic E-state index is 12.6. The van der Waals surface area contributed by atoms with E-state index in [1.165, 1.54) is 21.9 Å². The molecule has 3 amide bonds. The van der Waals surface area contributed by atoms with Crippen LogP contribution in [-0.4, -0.2) is 41.7 Å². The second kappa shape index (κ2) is 10.6. The van der Waals surface area contributed by atoms with E-state index >= 15 is 0 Å². The minimum absolute atomic E-state index is 0.107. The van der Waals surface area contributed by atoms with Gasteiger partial charge in [-0.1, -0.05) is 29.8 Å². The van der Waals surface area contributed by atoms with Crippen LogP contribution in [0.2, 0.25) is 5.02 Å². The SMILES string of the molecule is N#CCCN(C(=O)COC(=O)c1ccc(CN2C(=O)CCC2=O)cc1)c1cccc(Cl)c1. The molecule has 0 atom stereocenters. The first-order valence-electron chi connectivity index (χ1n) is 9.91. The van der Waals surface area contributed by atoms with E-state index in [2.05, 4.69) is 0 Å². The van der Waals surface area contributed by atoms with E-state index in [0.29, 0.717) is 16.3 Å². The van der Waals surface area contributed by atoms with E-state index < -0.39 is 18.5 Å². The molecule has 0 spiro atoms. The summed E-state index contributed by atoms with van der Waals surface area (Å²) in [5, 5.41) is 9.30. The van der Waals surface area contributed by atoms with Gasteiger partial charge in [0.25, 0.3) is 5.91 Å². The first-order valence-corrected chi connectivity index (χ1v) is 10.3. The largest absolute Gasteiger partial charge is 0.452 e. The average molecular weight is 454 g/mol. The fourth-order valence-electron chi connectivity index (χ4n) is 3.22. The molecule has 0 N–H and O–H groups in total. The van der Waals surface area contributed by atoms with Gasteiger partial charge in [-0.15, -0.1) is 0 Å². The molecule has 2 aromatic rings. The molecule has 32 heavy (non-hydrogen) atoms. The molecule has 0 radical (unpaired) electrons. The number of likely N-dealkylation sites (tertiary alicyclic amines) is 1. The van der Waals surface area contributed by atoms with Crippen LogP contribution >= 0.6 is 11.6 Å². The van der Waals surface area contributed by atoms with E-state index in [0.717, 1.165) is 0 Å². The van der Waals surface area contributed by atoms with Crippen LogP contribution in [0.25, 0.3) is 0 Å². The van der Waals surface area contributed by atoms with Gasteiger partial charge < -0.3 is 9.64 Å². The number of ether oxygens (including phenoxy) is 1. The van der Waals surface area contributed by atoms with Crippen molar-refractivity contribution in [2.75, 3.05) is 18.1 Å². The Hall–Kier alpha value is -3.70. The number of rotatable bonds is 8. The standard InChI is InChI=1S/C23H20ClN3O5/c24-18-3-1-4-19(13-18)26(12-2-11-25)22(30)15-32-23(31)17-7-5-16(6-8-17)14-27-20(28)9-10-21(27)29/h1,3-8,13H,2,9-10,12,14-15H2. The van der Waals surface area contributed by atoms with Crippen molar-refractivity contribution in [2.24, 2.45) is 0 Å². The Morgan fingerprint density at radius 1 is 1.09 bits per heavy atom. The Balaban J connectivity index is 1.60. The molecule has 8 nitrogen and oxygen atoms in total. The highest BCUT2D eigenvalue weighted by Gasteiger charge is 2.28. The maximum Gasteiger partial charge on any atom is 0.338 e. The Morgan fingerprint density at radius 2 is 1.78 bits per heavy atom. The lowest BCUT2D eigenvalue weighted by molar-refractivity contribution is -0.139. The van der Waals surface area contributed by atoms with Crippen molar-refractivity contribution in [3.05, 3.63) is 64.7 Å². The number of nitriles is 1. The number of hydrogen-bond acceptors (Lipinski definition) is 6. The molecular weight excluding hydrogens is 434 g/mol. The number of esters is 1. The number of carbonyl (C=O) groups excluding carboxylic acids is 4. The van der Waals surface area contributed by atoms with Gasteiger partial charge >= 0.3 is 5.97 Å². The van der Waals surface area contributed by atoms with Crippen molar-refractivity contribution >= 4 is 41.0 Å². The van der Waals surface area contributed by atoms with Crippen LogP contribution in [0, 0.1) is 11.3 Å². The number of carbonyl (C=O) groups is 4. The molecule has 0 saturated carbocycles. The van der Waals surface area contributed by atoms with E-state index in [4.69, 9.17) is 21.6 Å². The quantitative estimate of drug-likeness (QED) is 0.449. The van der Waals surface area contributed by atoms with Crippen LogP contribution < -0.4 is 4.90 Å². The highest BCUT2D eigenvalue weighted by molar-refractivity contribution is 6.30. The molecule has 1 heterocycles. The fourth-order valence-corrected chi connectivity index (χ4v) is 3.40. The molecule has 3 rings (SSSR count). The van der Waals surface area contributed by atoms with E-state index in [1.807, 2.05) is 6.07 Å². The van der Waals surface area contributed by atoms with Crippen LogP contribution in [-0.2, 0) is 25.7 Å². The third-order valence-electron chi connectivity index (χ3n) is 4.88. The summed E-state index contributed by atoms with van der Waals surface area (Å²) < 4.78 is 5.15. The minimum Gasteiger partial charge on any atom is -0.452 e. The molecule has 1 aliphatic rings. The normalized spacial score (nSPS) is 13.1. The molecule has 0 unspecified atom stereocenters. The summed E-state index contributed by atoms with van der Waals surface area (Å²) in [5.41, 5.74) is 1.43. The molecule has 0 bridgehead atoms. The smallest absolute Gasteiger partial charge is 0.338 e. The Labute approximate surface area is 189 Å². The van der Waals surface area contributed by atoms with E-state index in [1.54, 1.807) is 36.4 Å². The summed E-state index contributed by atoms with van der Waals surface area (Å²) in [7, 11) is 0. The van der Waals surface area contributed by atoms with Crippen LogP contribution in [0.4, 0.5) is 5.69 Å². The summed E-state index contributed by atoms with van der Waals surface area (Å²) in [6.45, 7) is -0.218. The number of nitrogens with zero attached hydrogens (tertiary/aromatic N) is 3. The Kier molecular flexibility index (Phi) is 7.58. The van der Waals surface area contributed by atoms with E-state index in [9.17, 15) is 19.2 Å². The van der Waals surface area contributed by atoms with Gasteiger partial charge in [-0.25, -0.2) is 4.79 Å². The third-order valence-corrected chi connectivity index (χ3v) is 5.12. The van der Waals surface area contributed by atoms with Crippen LogP contribution in [0.1, 0.15) is 35.2 Å². The van der Waals surface area contributed by atoms with Gasteiger partial charge in [-0.3, -0.25) is 19.3 Å². The summed E-state index contributed by atoms with van der Waals surface area (Å²) >= 11 is 5.99. The number of imide groups is 1. The lowest BCUT2D eigenvalue weighted by atomic mass is 10.1. The highest BCUT2D eigenvalue weighted by atomic mass is 35.5. The van der Waals surface area contributed by atoms with Gasteiger partial charge in [0.2, 0.25) is 11.8 Å². The van der Waals surface area contributed by atoms with Crippen LogP contribution in [0.5, 0.6) is 0 Å². The monoisotopic (exact) mass is 453 g/mol. The summed E-state index contributed by atoms with van der Waals surface area (Å²) in [4.78, 5) is 51.0. The molecule has 9 heteroatoms. The Bertz CT molecular complexity index is 1060. The number of amides is 3. The second-order valence-electron chi connectivity index (χ2n) is 7.08. The molecule has 1 fully saturated rings. The van der Waals surface area contributed by atoms with Crippen LogP contribution in [0.15, 0.2) is 48.5 Å². The van der Waals surface area contributed by atoms with Crippen molar-refractivity contribution in [3.63, 3.8) is 0 Å². The lowest BCUT2D eigenvalue weighted by Crippen LogP contribution is -2.35. The van der Waals surface area contributed by atoms with Crippen molar-refractivity contribution in [1.29, 1.82) is 5.26 Å².